The Kier molecular flexibility index (Phi) is 5.63. The molecule has 0 saturated heterocycles. The number of likely N-dealkylation sites (N-methyl/N-ethyl adjacent to an activating group) is 1. The van der Waals surface area contributed by atoms with Crippen LogP contribution in [0.5, 0.6) is 0 Å². The van der Waals surface area contributed by atoms with Gasteiger partial charge >= 0.3 is 0 Å². The fourth-order valence-corrected chi connectivity index (χ4v) is 3.87. The van der Waals surface area contributed by atoms with E-state index >= 15 is 0 Å². The number of nitrogens with zero attached hydrogens (tertiary/aromatic N) is 2. The third kappa shape index (κ3) is 4.03. The second kappa shape index (κ2) is 8.50. The van der Waals surface area contributed by atoms with E-state index in [0.29, 0.717) is 0 Å². The first-order valence-corrected chi connectivity index (χ1v) is 10.3. The minimum Gasteiger partial charge on any atom is -0.398 e. The summed E-state index contributed by atoms with van der Waals surface area (Å²) in [6.45, 7) is 8.47. The summed E-state index contributed by atoms with van der Waals surface area (Å²) in [5.74, 6) is 0. The summed E-state index contributed by atoms with van der Waals surface area (Å²) >= 11 is 0. The molecule has 4 nitrogen and oxygen atoms in total. The lowest BCUT2D eigenvalue weighted by atomic mass is 9.97. The molecular formula is C25H28N4. The minimum atomic E-state index is 0.778. The molecule has 0 spiro atoms. The molecule has 3 aromatic carbocycles. The van der Waals surface area contributed by atoms with Gasteiger partial charge in [0.05, 0.1) is 5.52 Å². The van der Waals surface area contributed by atoms with Crippen LogP contribution >= 0.6 is 0 Å². The average Bonchev–Trinajstić information content (AvgIpc) is 2.76. The third-order valence-electron chi connectivity index (χ3n) is 5.60. The largest absolute Gasteiger partial charge is 0.398 e. The molecule has 0 atom stereocenters. The van der Waals surface area contributed by atoms with Gasteiger partial charge in [-0.3, -0.25) is 4.98 Å². The number of rotatable bonds is 7. The predicted octanol–water partition coefficient (Wildman–Crippen LogP) is 5.39. The summed E-state index contributed by atoms with van der Waals surface area (Å²) < 4.78 is 0. The molecule has 3 N–H and O–H groups in total. The molecule has 4 aromatic rings. The second-order valence-electron chi connectivity index (χ2n) is 7.33. The van der Waals surface area contributed by atoms with Crippen LogP contribution in [-0.2, 0) is 0 Å². The normalized spacial score (nSPS) is 11.4. The SMILES string of the molecule is CCN(CC)CCNc1ccc(N)c(-c2ccnc3cc4ccccc4cc23)c1. The van der Waals surface area contributed by atoms with E-state index in [0.717, 1.165) is 59.6 Å². The van der Waals surface area contributed by atoms with Crippen molar-refractivity contribution < 1.29 is 0 Å². The highest BCUT2D eigenvalue weighted by Crippen LogP contribution is 2.35. The molecule has 4 heteroatoms. The number of aromatic nitrogens is 1. The van der Waals surface area contributed by atoms with Crippen molar-refractivity contribution in [3.05, 3.63) is 66.9 Å². The van der Waals surface area contributed by atoms with Crippen molar-refractivity contribution in [3.8, 4) is 11.1 Å². The van der Waals surface area contributed by atoms with E-state index in [1.165, 1.54) is 10.8 Å². The zero-order valence-corrected chi connectivity index (χ0v) is 17.2. The van der Waals surface area contributed by atoms with E-state index in [9.17, 15) is 0 Å². The zero-order valence-electron chi connectivity index (χ0n) is 17.2. The number of benzene rings is 3. The fourth-order valence-electron chi connectivity index (χ4n) is 3.87. The van der Waals surface area contributed by atoms with Crippen LogP contribution < -0.4 is 11.1 Å². The van der Waals surface area contributed by atoms with Gasteiger partial charge in [0.15, 0.2) is 0 Å². The molecule has 0 saturated carbocycles. The first-order valence-electron chi connectivity index (χ1n) is 10.3. The summed E-state index contributed by atoms with van der Waals surface area (Å²) in [5, 5.41) is 7.08. The van der Waals surface area contributed by atoms with Gasteiger partial charge in [-0.25, -0.2) is 0 Å². The molecule has 29 heavy (non-hydrogen) atoms. The van der Waals surface area contributed by atoms with E-state index in [1.807, 2.05) is 12.3 Å². The van der Waals surface area contributed by atoms with E-state index in [-0.39, 0.29) is 0 Å². The number of nitrogen functional groups attached to an aromatic ring is 1. The Labute approximate surface area is 172 Å². The van der Waals surface area contributed by atoms with E-state index in [2.05, 4.69) is 83.6 Å². The Morgan fingerprint density at radius 3 is 2.41 bits per heavy atom. The highest BCUT2D eigenvalue weighted by molar-refractivity contribution is 6.04. The summed E-state index contributed by atoms with van der Waals surface area (Å²) in [5.41, 5.74) is 11.4. The number of hydrogen-bond donors (Lipinski definition) is 2. The maximum absolute atomic E-state index is 6.39. The number of anilines is 2. The molecule has 0 amide bonds. The molecule has 1 heterocycles. The van der Waals surface area contributed by atoms with Gasteiger partial charge in [0.1, 0.15) is 0 Å². The van der Waals surface area contributed by atoms with Crippen molar-refractivity contribution in [3.63, 3.8) is 0 Å². The number of nitrogens with two attached hydrogens (primary N) is 1. The van der Waals surface area contributed by atoms with Crippen molar-refractivity contribution in [2.75, 3.05) is 37.2 Å². The number of pyridine rings is 1. The van der Waals surface area contributed by atoms with Gasteiger partial charge in [-0.15, -0.1) is 0 Å². The standard InChI is InChI=1S/C25H28N4/c1-3-29(4-2)14-13-27-20-9-10-24(26)22(17-20)21-11-12-28-25-16-19-8-6-5-7-18(19)15-23(21)25/h5-12,15-17,27H,3-4,13-14,26H2,1-2H3. The summed E-state index contributed by atoms with van der Waals surface area (Å²) in [6, 6.07) is 21.0. The molecular weight excluding hydrogens is 356 g/mol. The lowest BCUT2D eigenvalue weighted by Crippen LogP contribution is -2.28. The van der Waals surface area contributed by atoms with Crippen molar-refractivity contribution in [2.24, 2.45) is 0 Å². The van der Waals surface area contributed by atoms with Crippen molar-refractivity contribution >= 4 is 33.1 Å². The van der Waals surface area contributed by atoms with Crippen LogP contribution in [0.3, 0.4) is 0 Å². The predicted molar refractivity (Wildman–Crippen MR) is 125 cm³/mol. The van der Waals surface area contributed by atoms with Crippen molar-refractivity contribution in [2.45, 2.75) is 13.8 Å². The van der Waals surface area contributed by atoms with Gasteiger partial charge in [-0.1, -0.05) is 38.1 Å². The molecule has 0 bridgehead atoms. The Bertz CT molecular complexity index is 1130. The van der Waals surface area contributed by atoms with Crippen LogP contribution in [0.2, 0.25) is 0 Å². The number of hydrogen-bond acceptors (Lipinski definition) is 4. The average molecular weight is 385 g/mol. The maximum atomic E-state index is 6.39. The highest BCUT2D eigenvalue weighted by Gasteiger charge is 2.10. The van der Waals surface area contributed by atoms with Crippen LogP contribution in [-0.4, -0.2) is 36.1 Å². The summed E-state index contributed by atoms with van der Waals surface area (Å²) in [6.07, 6.45) is 1.87. The first kappa shape index (κ1) is 19.2. The zero-order chi connectivity index (χ0) is 20.2. The maximum Gasteiger partial charge on any atom is 0.0714 e. The van der Waals surface area contributed by atoms with E-state index in [4.69, 9.17) is 5.73 Å². The molecule has 1 aromatic heterocycles. The highest BCUT2D eigenvalue weighted by atomic mass is 15.1. The van der Waals surface area contributed by atoms with Gasteiger partial charge in [-0.05, 0) is 65.8 Å². The third-order valence-corrected chi connectivity index (χ3v) is 5.60. The van der Waals surface area contributed by atoms with Gasteiger partial charge < -0.3 is 16.0 Å². The summed E-state index contributed by atoms with van der Waals surface area (Å²) in [4.78, 5) is 7.00. The van der Waals surface area contributed by atoms with Gasteiger partial charge in [0, 0.05) is 41.6 Å². The quantitative estimate of drug-likeness (QED) is 0.331. The van der Waals surface area contributed by atoms with Crippen LogP contribution in [0.15, 0.2) is 66.9 Å². The molecule has 4 rings (SSSR count). The van der Waals surface area contributed by atoms with Gasteiger partial charge in [-0.2, -0.15) is 0 Å². The van der Waals surface area contributed by atoms with Crippen LogP contribution in [0.25, 0.3) is 32.8 Å². The van der Waals surface area contributed by atoms with Crippen LogP contribution in [0.4, 0.5) is 11.4 Å². The molecule has 0 aliphatic rings. The fraction of sp³-hybridized carbons (Fsp3) is 0.240. The molecule has 0 unspecified atom stereocenters. The molecule has 0 fully saturated rings. The summed E-state index contributed by atoms with van der Waals surface area (Å²) in [7, 11) is 0. The minimum absolute atomic E-state index is 0.778. The smallest absolute Gasteiger partial charge is 0.0714 e. The Hall–Kier alpha value is -3.11. The lowest BCUT2D eigenvalue weighted by Gasteiger charge is -2.19. The van der Waals surface area contributed by atoms with Crippen LogP contribution in [0, 0.1) is 0 Å². The molecule has 0 radical (unpaired) electrons. The molecule has 0 aliphatic carbocycles. The van der Waals surface area contributed by atoms with Crippen LogP contribution in [0.1, 0.15) is 13.8 Å². The Balaban J connectivity index is 1.70. The molecule has 0 aliphatic heterocycles. The topological polar surface area (TPSA) is 54.2 Å². The number of fused-ring (bicyclic) bond motifs is 2. The Morgan fingerprint density at radius 1 is 0.897 bits per heavy atom. The Morgan fingerprint density at radius 2 is 1.66 bits per heavy atom. The van der Waals surface area contributed by atoms with Crippen molar-refractivity contribution in [1.29, 1.82) is 0 Å². The lowest BCUT2D eigenvalue weighted by molar-refractivity contribution is 0.316. The van der Waals surface area contributed by atoms with Gasteiger partial charge in [0.2, 0.25) is 0 Å². The van der Waals surface area contributed by atoms with Gasteiger partial charge in [0.25, 0.3) is 0 Å². The first-order chi connectivity index (χ1) is 14.2. The van der Waals surface area contributed by atoms with E-state index in [1.54, 1.807) is 0 Å². The number of nitrogens with one attached hydrogen (secondary N) is 1. The monoisotopic (exact) mass is 384 g/mol. The molecule has 148 valence electrons. The van der Waals surface area contributed by atoms with Crippen molar-refractivity contribution in [1.82, 2.24) is 9.88 Å². The van der Waals surface area contributed by atoms with E-state index < -0.39 is 0 Å². The second-order valence-corrected chi connectivity index (χ2v) is 7.33.